The van der Waals surface area contributed by atoms with E-state index in [1.807, 2.05) is 24.3 Å². The van der Waals surface area contributed by atoms with Crippen LogP contribution in [0, 0.1) is 5.82 Å². The average Bonchev–Trinajstić information content (AvgIpc) is 3.21. The Hall–Kier alpha value is -3.95. The van der Waals surface area contributed by atoms with Gasteiger partial charge >= 0.3 is 5.97 Å². The van der Waals surface area contributed by atoms with E-state index in [1.54, 1.807) is 23.9 Å². The predicted molar refractivity (Wildman–Crippen MR) is 119 cm³/mol. The molecule has 0 fully saturated rings. The van der Waals surface area contributed by atoms with E-state index in [0.717, 1.165) is 16.9 Å². The molecule has 0 saturated carbocycles. The van der Waals surface area contributed by atoms with Gasteiger partial charge in [-0.3, -0.25) is 14.9 Å². The van der Waals surface area contributed by atoms with Gasteiger partial charge in [-0.05, 0) is 48.2 Å². The van der Waals surface area contributed by atoms with Crippen LogP contribution in [-0.2, 0) is 9.59 Å². The molecular formula is C23H24FN5O4. The number of amides is 1. The van der Waals surface area contributed by atoms with Crippen LogP contribution >= 0.6 is 0 Å². The van der Waals surface area contributed by atoms with Gasteiger partial charge in [-0.15, -0.1) is 5.10 Å². The molecule has 172 valence electrons. The van der Waals surface area contributed by atoms with Crippen LogP contribution in [0.3, 0.4) is 0 Å². The smallest absolute Gasteiger partial charge is 0.303 e. The molecule has 33 heavy (non-hydrogen) atoms. The number of rotatable bonds is 8. The Morgan fingerprint density at radius 3 is 2.52 bits per heavy atom. The van der Waals surface area contributed by atoms with Crippen LogP contribution in [0.25, 0.3) is 0 Å². The molecule has 1 aromatic heterocycles. The number of ether oxygens (including phenoxy) is 1. The van der Waals surface area contributed by atoms with Crippen molar-refractivity contribution in [3.63, 3.8) is 0 Å². The zero-order chi connectivity index (χ0) is 23.4. The molecule has 0 radical (unpaired) electrons. The minimum atomic E-state index is -0.950. The summed E-state index contributed by atoms with van der Waals surface area (Å²) in [6.07, 6.45) is 0.822. The quantitative estimate of drug-likeness (QED) is 0.475. The number of nitrogens with one attached hydrogen (secondary N) is 2. The topological polar surface area (TPSA) is 118 Å². The van der Waals surface area contributed by atoms with Gasteiger partial charge in [0.15, 0.2) is 0 Å². The van der Waals surface area contributed by atoms with Gasteiger partial charge in [-0.25, -0.2) is 9.07 Å². The first kappa shape index (κ1) is 22.3. The molecule has 0 spiro atoms. The Bertz CT molecular complexity index is 1130. The number of fused-ring (bicyclic) bond motifs is 1. The van der Waals surface area contributed by atoms with Crippen molar-refractivity contribution in [2.24, 2.45) is 0 Å². The first-order valence-electron chi connectivity index (χ1n) is 10.6. The normalized spacial score (nSPS) is 17.0. The van der Waals surface area contributed by atoms with E-state index in [-0.39, 0.29) is 49.0 Å². The van der Waals surface area contributed by atoms with Gasteiger partial charge < -0.3 is 15.2 Å². The van der Waals surface area contributed by atoms with E-state index in [2.05, 4.69) is 20.7 Å². The molecule has 4 rings (SSSR count). The molecule has 1 aliphatic heterocycles. The molecule has 9 nitrogen and oxygen atoms in total. The summed E-state index contributed by atoms with van der Waals surface area (Å²) in [7, 11) is 1.61. The number of carbonyl (C=O) groups excluding carboxylic acids is 1. The van der Waals surface area contributed by atoms with Gasteiger partial charge in [0, 0.05) is 12.8 Å². The van der Waals surface area contributed by atoms with Crippen LogP contribution in [0.5, 0.6) is 5.75 Å². The molecule has 0 unspecified atom stereocenters. The van der Waals surface area contributed by atoms with Crippen molar-refractivity contribution in [2.75, 3.05) is 17.7 Å². The maximum Gasteiger partial charge on any atom is 0.303 e. The molecule has 0 saturated heterocycles. The molecule has 1 aliphatic rings. The third kappa shape index (κ3) is 5.28. The van der Waals surface area contributed by atoms with E-state index in [1.165, 1.54) is 12.1 Å². The Kier molecular flexibility index (Phi) is 6.53. The third-order valence-electron chi connectivity index (χ3n) is 5.51. The van der Waals surface area contributed by atoms with E-state index < -0.39 is 5.97 Å². The Morgan fingerprint density at radius 2 is 1.85 bits per heavy atom. The largest absolute Gasteiger partial charge is 0.497 e. The van der Waals surface area contributed by atoms with Crippen molar-refractivity contribution in [2.45, 2.75) is 37.8 Å². The fourth-order valence-corrected chi connectivity index (χ4v) is 3.84. The summed E-state index contributed by atoms with van der Waals surface area (Å²) in [4.78, 5) is 27.3. The number of carbonyl (C=O) groups is 2. The Labute approximate surface area is 189 Å². The van der Waals surface area contributed by atoms with Crippen molar-refractivity contribution < 1.29 is 23.8 Å². The van der Waals surface area contributed by atoms with Crippen LogP contribution in [0.2, 0.25) is 0 Å². The lowest BCUT2D eigenvalue weighted by molar-refractivity contribution is -0.137. The highest BCUT2D eigenvalue weighted by Crippen LogP contribution is 2.38. The average molecular weight is 453 g/mol. The number of hydrogen-bond donors (Lipinski definition) is 3. The first-order chi connectivity index (χ1) is 15.9. The summed E-state index contributed by atoms with van der Waals surface area (Å²) >= 11 is 0. The highest BCUT2D eigenvalue weighted by Gasteiger charge is 2.31. The van der Waals surface area contributed by atoms with Crippen molar-refractivity contribution in [3.8, 4) is 5.75 Å². The molecule has 1 amide bonds. The van der Waals surface area contributed by atoms with Crippen LogP contribution in [-0.4, -0.2) is 38.9 Å². The van der Waals surface area contributed by atoms with Crippen molar-refractivity contribution >= 4 is 23.8 Å². The summed E-state index contributed by atoms with van der Waals surface area (Å²) in [6, 6.07) is 13.6. The van der Waals surface area contributed by atoms with Gasteiger partial charge in [0.05, 0.1) is 19.2 Å². The van der Waals surface area contributed by atoms with E-state index in [0.29, 0.717) is 12.4 Å². The van der Waals surface area contributed by atoms with Crippen LogP contribution in [0.15, 0.2) is 48.5 Å². The number of anilines is 2. The molecule has 2 atom stereocenters. The molecule has 2 heterocycles. The summed E-state index contributed by atoms with van der Waals surface area (Å²) in [5.41, 5.74) is 1.89. The number of methoxy groups -OCH3 is 1. The summed E-state index contributed by atoms with van der Waals surface area (Å²) in [6.45, 7) is 0. The Balaban J connectivity index is 1.59. The van der Waals surface area contributed by atoms with Crippen LogP contribution < -0.4 is 15.4 Å². The number of carboxylic acids is 1. The predicted octanol–water partition coefficient (Wildman–Crippen LogP) is 3.77. The van der Waals surface area contributed by atoms with Crippen LogP contribution in [0.4, 0.5) is 16.3 Å². The van der Waals surface area contributed by atoms with E-state index >= 15 is 0 Å². The minimum Gasteiger partial charge on any atom is -0.497 e. The molecule has 2 aromatic carbocycles. The maximum absolute atomic E-state index is 13.5. The SMILES string of the molecule is COc1ccc([C@@H]2C[C@@H](c3ccc(F)cc3)n3nc(NC(=O)CCCC(=O)O)nc3N2)cc1. The fraction of sp³-hybridized carbons (Fsp3) is 0.304. The molecular weight excluding hydrogens is 429 g/mol. The van der Waals surface area contributed by atoms with Gasteiger partial charge in [0.1, 0.15) is 11.6 Å². The number of aliphatic carboxylic acids is 1. The van der Waals surface area contributed by atoms with Crippen LogP contribution in [0.1, 0.15) is 48.9 Å². The van der Waals surface area contributed by atoms with Gasteiger partial charge in [0.25, 0.3) is 5.95 Å². The number of halogens is 1. The fourth-order valence-electron chi connectivity index (χ4n) is 3.84. The van der Waals surface area contributed by atoms with E-state index in [4.69, 9.17) is 9.84 Å². The second kappa shape index (κ2) is 9.68. The zero-order valence-corrected chi connectivity index (χ0v) is 18.0. The second-order valence-corrected chi connectivity index (χ2v) is 7.77. The van der Waals surface area contributed by atoms with Crippen molar-refractivity contribution in [3.05, 3.63) is 65.5 Å². The molecule has 10 heteroatoms. The number of carboxylic acid groups (broad SMARTS) is 1. The van der Waals surface area contributed by atoms with Gasteiger partial charge in [-0.2, -0.15) is 4.98 Å². The standard InChI is InChI=1S/C23H24FN5O4/c1-33-17-11-7-14(8-12-17)18-13-19(15-5-9-16(24)10-6-15)29-23(25-18)27-22(28-29)26-20(30)3-2-4-21(31)32/h5-12,18-19H,2-4,13H2,1H3,(H,31,32)(H2,25,26,27,28,30)/t18-,19-/m0/s1. The Morgan fingerprint density at radius 1 is 1.15 bits per heavy atom. The summed E-state index contributed by atoms with van der Waals surface area (Å²) < 4.78 is 20.4. The monoisotopic (exact) mass is 453 g/mol. The van der Waals surface area contributed by atoms with Gasteiger partial charge in [-0.1, -0.05) is 24.3 Å². The lowest BCUT2D eigenvalue weighted by atomic mass is 9.93. The minimum absolute atomic E-state index is 0.0550. The highest BCUT2D eigenvalue weighted by atomic mass is 19.1. The maximum atomic E-state index is 13.5. The number of benzene rings is 2. The van der Waals surface area contributed by atoms with Crippen molar-refractivity contribution in [1.82, 2.24) is 14.8 Å². The molecule has 0 bridgehead atoms. The lowest BCUT2D eigenvalue weighted by Gasteiger charge is -2.31. The molecule has 0 aliphatic carbocycles. The molecule has 3 N–H and O–H groups in total. The lowest BCUT2D eigenvalue weighted by Crippen LogP contribution is -2.28. The molecule has 3 aromatic rings. The van der Waals surface area contributed by atoms with Crippen molar-refractivity contribution in [1.29, 1.82) is 0 Å². The zero-order valence-electron chi connectivity index (χ0n) is 18.0. The summed E-state index contributed by atoms with van der Waals surface area (Å²) in [5, 5.41) is 19.2. The highest BCUT2D eigenvalue weighted by molar-refractivity contribution is 5.89. The van der Waals surface area contributed by atoms with E-state index in [9.17, 15) is 14.0 Å². The first-order valence-corrected chi connectivity index (χ1v) is 10.6. The third-order valence-corrected chi connectivity index (χ3v) is 5.51. The number of aromatic nitrogens is 3. The number of hydrogen-bond acceptors (Lipinski definition) is 6. The second-order valence-electron chi connectivity index (χ2n) is 7.77. The van der Waals surface area contributed by atoms with Gasteiger partial charge in [0.2, 0.25) is 11.9 Å². The number of nitrogens with zero attached hydrogens (tertiary/aromatic N) is 3. The summed E-state index contributed by atoms with van der Waals surface area (Å²) in [5.74, 6) is -0.288.